The summed E-state index contributed by atoms with van der Waals surface area (Å²) in [7, 11) is 0. The first kappa shape index (κ1) is 16.4. The molecule has 1 aliphatic heterocycles. The topological polar surface area (TPSA) is 37.0 Å². The number of nitrogens with one attached hydrogen (secondary N) is 2. The van der Waals surface area contributed by atoms with Gasteiger partial charge >= 0.3 is 0 Å². The standard InChI is InChI=1S/C21H22ClN3/c1-14-8-10-24-19-12-16(6-7-17(14)19)25-21(9-11-23-13-21)20-15(2)4-3-5-18(20)22/h3-8,10,12,23,25H,9,11,13H2,1-2H3/t21-/m1/s1. The van der Waals surface area contributed by atoms with Crippen LogP contribution in [0.1, 0.15) is 23.1 Å². The molecule has 0 amide bonds. The number of fused-ring (bicyclic) bond motifs is 1. The zero-order valence-corrected chi connectivity index (χ0v) is 15.3. The van der Waals surface area contributed by atoms with E-state index in [0.29, 0.717) is 0 Å². The molecule has 1 atom stereocenters. The number of nitrogens with zero attached hydrogens (tertiary/aromatic N) is 1. The molecule has 2 N–H and O–H groups in total. The van der Waals surface area contributed by atoms with E-state index in [4.69, 9.17) is 11.6 Å². The minimum absolute atomic E-state index is 0.195. The average molecular weight is 352 g/mol. The van der Waals surface area contributed by atoms with Gasteiger partial charge in [-0.25, -0.2) is 0 Å². The first-order chi connectivity index (χ1) is 12.1. The molecule has 4 rings (SSSR count). The van der Waals surface area contributed by atoms with E-state index in [9.17, 15) is 0 Å². The summed E-state index contributed by atoms with van der Waals surface area (Å²) in [6, 6.07) is 14.6. The Hall–Kier alpha value is -2.10. The molecule has 1 fully saturated rings. The predicted molar refractivity (Wildman–Crippen MR) is 105 cm³/mol. The fourth-order valence-corrected chi connectivity index (χ4v) is 4.36. The van der Waals surface area contributed by atoms with Crippen molar-refractivity contribution in [3.63, 3.8) is 0 Å². The number of rotatable bonds is 3. The molecule has 1 aliphatic rings. The van der Waals surface area contributed by atoms with Gasteiger partial charge in [-0.05, 0) is 62.2 Å². The number of hydrogen-bond acceptors (Lipinski definition) is 3. The maximum absolute atomic E-state index is 6.60. The summed E-state index contributed by atoms with van der Waals surface area (Å²) in [6.07, 6.45) is 2.86. The molecule has 0 radical (unpaired) electrons. The van der Waals surface area contributed by atoms with Gasteiger partial charge in [0.1, 0.15) is 0 Å². The monoisotopic (exact) mass is 351 g/mol. The third kappa shape index (κ3) is 2.88. The van der Waals surface area contributed by atoms with Crippen molar-refractivity contribution in [3.05, 3.63) is 70.4 Å². The van der Waals surface area contributed by atoms with Crippen LogP contribution in [-0.2, 0) is 5.54 Å². The number of hydrogen-bond donors (Lipinski definition) is 2. The van der Waals surface area contributed by atoms with E-state index >= 15 is 0 Å². The summed E-state index contributed by atoms with van der Waals surface area (Å²) >= 11 is 6.60. The second-order valence-corrected chi connectivity index (χ2v) is 7.33. The summed E-state index contributed by atoms with van der Waals surface area (Å²) in [5, 5.41) is 9.29. The van der Waals surface area contributed by atoms with Crippen molar-refractivity contribution in [3.8, 4) is 0 Å². The third-order valence-electron chi connectivity index (χ3n) is 5.20. The van der Waals surface area contributed by atoms with E-state index in [0.717, 1.165) is 35.7 Å². The molecular weight excluding hydrogens is 330 g/mol. The van der Waals surface area contributed by atoms with Gasteiger partial charge in [0.05, 0.1) is 11.1 Å². The van der Waals surface area contributed by atoms with E-state index in [1.54, 1.807) is 0 Å². The molecule has 0 spiro atoms. The van der Waals surface area contributed by atoms with Crippen LogP contribution in [0.15, 0.2) is 48.7 Å². The van der Waals surface area contributed by atoms with Crippen LogP contribution in [0.3, 0.4) is 0 Å². The van der Waals surface area contributed by atoms with Crippen molar-refractivity contribution in [2.75, 3.05) is 18.4 Å². The number of halogens is 1. The van der Waals surface area contributed by atoms with Crippen molar-refractivity contribution in [2.24, 2.45) is 0 Å². The molecule has 25 heavy (non-hydrogen) atoms. The lowest BCUT2D eigenvalue weighted by atomic mass is 9.85. The molecule has 0 aliphatic carbocycles. The average Bonchev–Trinajstić information content (AvgIpc) is 3.04. The largest absolute Gasteiger partial charge is 0.374 e. The fraction of sp³-hybridized carbons (Fsp3) is 0.286. The van der Waals surface area contributed by atoms with E-state index in [1.165, 1.54) is 22.1 Å². The summed E-state index contributed by atoms with van der Waals surface area (Å²) in [4.78, 5) is 4.53. The van der Waals surface area contributed by atoms with Crippen molar-refractivity contribution in [1.82, 2.24) is 10.3 Å². The second-order valence-electron chi connectivity index (χ2n) is 6.93. The van der Waals surface area contributed by atoms with Crippen molar-refractivity contribution in [1.29, 1.82) is 0 Å². The van der Waals surface area contributed by atoms with Crippen molar-refractivity contribution >= 4 is 28.2 Å². The van der Waals surface area contributed by atoms with Crippen LogP contribution >= 0.6 is 11.6 Å². The van der Waals surface area contributed by atoms with Crippen LogP contribution in [0.5, 0.6) is 0 Å². The highest BCUT2D eigenvalue weighted by Gasteiger charge is 2.38. The Balaban J connectivity index is 1.78. The predicted octanol–water partition coefficient (Wildman–Crippen LogP) is 4.81. The Kier molecular flexibility index (Phi) is 4.14. The van der Waals surface area contributed by atoms with Gasteiger partial charge in [0, 0.05) is 34.4 Å². The van der Waals surface area contributed by atoms with Gasteiger partial charge in [-0.15, -0.1) is 0 Å². The highest BCUT2D eigenvalue weighted by Crippen LogP contribution is 2.38. The normalized spacial score (nSPS) is 20.1. The Morgan fingerprint density at radius 3 is 2.76 bits per heavy atom. The summed E-state index contributed by atoms with van der Waals surface area (Å²) in [5.74, 6) is 0. The lowest BCUT2D eigenvalue weighted by Gasteiger charge is -2.33. The molecule has 2 aromatic carbocycles. The van der Waals surface area contributed by atoms with Gasteiger partial charge in [-0.1, -0.05) is 29.8 Å². The molecule has 4 heteroatoms. The lowest BCUT2D eigenvalue weighted by molar-refractivity contribution is 0.540. The zero-order chi connectivity index (χ0) is 17.4. The van der Waals surface area contributed by atoms with E-state index in [2.05, 4.69) is 53.7 Å². The smallest absolute Gasteiger partial charge is 0.0778 e. The molecule has 0 unspecified atom stereocenters. The van der Waals surface area contributed by atoms with Crippen LogP contribution in [0.2, 0.25) is 5.02 Å². The first-order valence-corrected chi connectivity index (χ1v) is 9.07. The van der Waals surface area contributed by atoms with E-state index in [-0.39, 0.29) is 5.54 Å². The minimum atomic E-state index is -0.195. The lowest BCUT2D eigenvalue weighted by Crippen LogP contribution is -2.38. The van der Waals surface area contributed by atoms with Crippen LogP contribution in [-0.4, -0.2) is 18.1 Å². The number of anilines is 1. The number of aromatic nitrogens is 1. The molecule has 1 aromatic heterocycles. The Labute approximate surface area is 153 Å². The van der Waals surface area contributed by atoms with Crippen molar-refractivity contribution in [2.45, 2.75) is 25.8 Å². The van der Waals surface area contributed by atoms with Gasteiger partial charge in [0.25, 0.3) is 0 Å². The number of aryl methyl sites for hydroxylation is 2. The molecule has 1 saturated heterocycles. The Morgan fingerprint density at radius 2 is 2.00 bits per heavy atom. The quantitative estimate of drug-likeness (QED) is 0.711. The van der Waals surface area contributed by atoms with Gasteiger partial charge in [-0.3, -0.25) is 4.98 Å². The highest BCUT2D eigenvalue weighted by molar-refractivity contribution is 6.31. The molecule has 0 saturated carbocycles. The molecule has 2 heterocycles. The zero-order valence-electron chi connectivity index (χ0n) is 14.6. The van der Waals surface area contributed by atoms with Gasteiger partial charge in [0.2, 0.25) is 0 Å². The molecular formula is C21H22ClN3. The molecule has 3 nitrogen and oxygen atoms in total. The van der Waals surface area contributed by atoms with Crippen molar-refractivity contribution < 1.29 is 0 Å². The minimum Gasteiger partial charge on any atom is -0.374 e. The molecule has 0 bridgehead atoms. The van der Waals surface area contributed by atoms with Crippen LogP contribution < -0.4 is 10.6 Å². The van der Waals surface area contributed by atoms with Crippen LogP contribution in [0.4, 0.5) is 5.69 Å². The maximum Gasteiger partial charge on any atom is 0.0778 e. The molecule has 128 valence electrons. The van der Waals surface area contributed by atoms with E-state index < -0.39 is 0 Å². The maximum atomic E-state index is 6.60. The third-order valence-corrected chi connectivity index (χ3v) is 5.52. The SMILES string of the molecule is Cc1cccc(Cl)c1[C@@]1(Nc2ccc3c(C)ccnc3c2)CCNC1. The fourth-order valence-electron chi connectivity index (χ4n) is 3.96. The second kappa shape index (κ2) is 6.32. The Morgan fingerprint density at radius 1 is 1.12 bits per heavy atom. The summed E-state index contributed by atoms with van der Waals surface area (Å²) in [6.45, 7) is 6.08. The highest BCUT2D eigenvalue weighted by atomic mass is 35.5. The van der Waals surface area contributed by atoms with Gasteiger partial charge in [0.15, 0.2) is 0 Å². The van der Waals surface area contributed by atoms with Gasteiger partial charge in [-0.2, -0.15) is 0 Å². The number of pyridine rings is 1. The molecule has 3 aromatic rings. The van der Waals surface area contributed by atoms with E-state index in [1.807, 2.05) is 24.4 Å². The summed E-state index contributed by atoms with van der Waals surface area (Å²) in [5.41, 5.74) is 5.56. The summed E-state index contributed by atoms with van der Waals surface area (Å²) < 4.78 is 0. The van der Waals surface area contributed by atoms with Gasteiger partial charge < -0.3 is 10.6 Å². The van der Waals surface area contributed by atoms with Crippen LogP contribution in [0, 0.1) is 13.8 Å². The van der Waals surface area contributed by atoms with Crippen LogP contribution in [0.25, 0.3) is 10.9 Å². The first-order valence-electron chi connectivity index (χ1n) is 8.69. The number of benzene rings is 2. The Bertz CT molecular complexity index is 909.